The van der Waals surface area contributed by atoms with Crippen molar-refractivity contribution in [3.8, 4) is 6.07 Å². The zero-order valence-electron chi connectivity index (χ0n) is 11.2. The summed E-state index contributed by atoms with van der Waals surface area (Å²) in [6.07, 6.45) is 7.12. The lowest BCUT2D eigenvalue weighted by atomic mass is 9.90. The predicted octanol–water partition coefficient (Wildman–Crippen LogP) is 2.64. The molecule has 2 rings (SSSR count). The summed E-state index contributed by atoms with van der Waals surface area (Å²) < 4.78 is 1.74. The number of aryl methyl sites for hydroxylation is 2. The van der Waals surface area contributed by atoms with E-state index in [1.54, 1.807) is 4.57 Å². The van der Waals surface area contributed by atoms with Crippen LogP contribution in [0.5, 0.6) is 0 Å². The van der Waals surface area contributed by atoms with E-state index in [9.17, 15) is 10.1 Å². The minimum absolute atomic E-state index is 0.0983. The van der Waals surface area contributed by atoms with E-state index in [2.05, 4.69) is 19.9 Å². The van der Waals surface area contributed by atoms with Crippen molar-refractivity contribution in [3.05, 3.63) is 33.2 Å². The molecular formula is C15H20N2O. The Morgan fingerprint density at radius 3 is 2.78 bits per heavy atom. The standard InChI is InChI=1S/C15H20N2O/c1-11(2)7-8-17-10-12-5-3-4-6-13(12)14(9-16)15(17)18/h10-11H,3-8H2,1-2H3. The minimum Gasteiger partial charge on any atom is -0.314 e. The average molecular weight is 244 g/mol. The van der Waals surface area contributed by atoms with Crippen molar-refractivity contribution in [2.75, 3.05) is 0 Å². The summed E-state index contributed by atoms with van der Waals surface area (Å²) >= 11 is 0. The fourth-order valence-electron chi connectivity index (χ4n) is 2.55. The Morgan fingerprint density at radius 2 is 2.11 bits per heavy atom. The van der Waals surface area contributed by atoms with Crippen molar-refractivity contribution in [2.24, 2.45) is 5.92 Å². The van der Waals surface area contributed by atoms with E-state index in [0.29, 0.717) is 11.5 Å². The number of aromatic nitrogens is 1. The van der Waals surface area contributed by atoms with Gasteiger partial charge in [0.15, 0.2) is 0 Å². The van der Waals surface area contributed by atoms with Gasteiger partial charge in [0, 0.05) is 12.7 Å². The summed E-state index contributed by atoms with van der Waals surface area (Å²) in [5.74, 6) is 0.568. The van der Waals surface area contributed by atoms with Crippen LogP contribution in [-0.2, 0) is 19.4 Å². The molecule has 0 bridgehead atoms. The topological polar surface area (TPSA) is 45.8 Å². The van der Waals surface area contributed by atoms with Crippen LogP contribution in [0.4, 0.5) is 0 Å². The van der Waals surface area contributed by atoms with Gasteiger partial charge < -0.3 is 4.57 Å². The van der Waals surface area contributed by atoms with Crippen LogP contribution in [0.1, 0.15) is 49.8 Å². The van der Waals surface area contributed by atoms with Crippen LogP contribution < -0.4 is 5.56 Å². The molecule has 0 unspecified atom stereocenters. The van der Waals surface area contributed by atoms with Crippen LogP contribution in [0.2, 0.25) is 0 Å². The highest BCUT2D eigenvalue weighted by Gasteiger charge is 2.18. The molecule has 1 aromatic rings. The van der Waals surface area contributed by atoms with Crippen LogP contribution in [0.3, 0.4) is 0 Å². The quantitative estimate of drug-likeness (QED) is 0.820. The smallest absolute Gasteiger partial charge is 0.268 e. The van der Waals surface area contributed by atoms with Crippen LogP contribution in [0.25, 0.3) is 0 Å². The monoisotopic (exact) mass is 244 g/mol. The first kappa shape index (κ1) is 12.9. The van der Waals surface area contributed by atoms with Gasteiger partial charge in [-0.05, 0) is 49.1 Å². The van der Waals surface area contributed by atoms with Gasteiger partial charge in [0.1, 0.15) is 11.6 Å². The van der Waals surface area contributed by atoms with Crippen molar-refractivity contribution < 1.29 is 0 Å². The van der Waals surface area contributed by atoms with Crippen LogP contribution in [0.15, 0.2) is 11.0 Å². The molecule has 3 nitrogen and oxygen atoms in total. The highest BCUT2D eigenvalue weighted by molar-refractivity contribution is 5.41. The molecule has 0 spiro atoms. The van der Waals surface area contributed by atoms with Gasteiger partial charge >= 0.3 is 0 Å². The zero-order chi connectivity index (χ0) is 13.1. The van der Waals surface area contributed by atoms with Gasteiger partial charge in [0.25, 0.3) is 5.56 Å². The lowest BCUT2D eigenvalue weighted by molar-refractivity contribution is 0.503. The molecule has 0 fully saturated rings. The fourth-order valence-corrected chi connectivity index (χ4v) is 2.55. The van der Waals surface area contributed by atoms with Gasteiger partial charge in [-0.25, -0.2) is 0 Å². The molecule has 0 aliphatic heterocycles. The number of pyridine rings is 1. The van der Waals surface area contributed by atoms with Gasteiger partial charge in [-0.1, -0.05) is 13.8 Å². The van der Waals surface area contributed by atoms with Crippen molar-refractivity contribution >= 4 is 0 Å². The van der Waals surface area contributed by atoms with E-state index in [0.717, 1.165) is 37.8 Å². The third-order valence-electron chi connectivity index (χ3n) is 3.66. The molecule has 18 heavy (non-hydrogen) atoms. The van der Waals surface area contributed by atoms with E-state index >= 15 is 0 Å². The minimum atomic E-state index is -0.0983. The summed E-state index contributed by atoms with van der Waals surface area (Å²) in [6.45, 7) is 5.02. The molecule has 1 aromatic heterocycles. The van der Waals surface area contributed by atoms with E-state index in [1.165, 1.54) is 12.0 Å². The maximum atomic E-state index is 12.2. The fraction of sp³-hybridized carbons (Fsp3) is 0.600. The van der Waals surface area contributed by atoms with Gasteiger partial charge in [0.2, 0.25) is 0 Å². The van der Waals surface area contributed by atoms with E-state index in [-0.39, 0.29) is 5.56 Å². The number of hydrogen-bond donors (Lipinski definition) is 0. The van der Waals surface area contributed by atoms with Crippen molar-refractivity contribution in [2.45, 2.75) is 52.5 Å². The third-order valence-corrected chi connectivity index (χ3v) is 3.66. The number of hydrogen-bond acceptors (Lipinski definition) is 2. The van der Waals surface area contributed by atoms with E-state index < -0.39 is 0 Å². The molecule has 1 aliphatic carbocycles. The molecule has 0 amide bonds. The summed E-state index contributed by atoms with van der Waals surface area (Å²) in [4.78, 5) is 12.2. The Kier molecular flexibility index (Phi) is 3.86. The molecule has 0 N–H and O–H groups in total. The van der Waals surface area contributed by atoms with Gasteiger partial charge in [0.05, 0.1) is 0 Å². The molecule has 0 saturated carbocycles. The largest absolute Gasteiger partial charge is 0.314 e. The molecule has 96 valence electrons. The first-order chi connectivity index (χ1) is 8.63. The molecule has 3 heteroatoms. The zero-order valence-corrected chi connectivity index (χ0v) is 11.2. The van der Waals surface area contributed by atoms with Gasteiger partial charge in [-0.2, -0.15) is 5.26 Å². The molecule has 0 saturated heterocycles. The van der Waals surface area contributed by atoms with E-state index in [4.69, 9.17) is 0 Å². The second-order valence-electron chi connectivity index (χ2n) is 5.51. The number of rotatable bonds is 3. The van der Waals surface area contributed by atoms with Gasteiger partial charge in [-0.15, -0.1) is 0 Å². The maximum Gasteiger partial charge on any atom is 0.268 e. The molecule has 1 heterocycles. The molecule has 0 atom stereocenters. The van der Waals surface area contributed by atoms with Crippen molar-refractivity contribution in [1.29, 1.82) is 5.26 Å². The number of fused-ring (bicyclic) bond motifs is 1. The Hall–Kier alpha value is -1.56. The van der Waals surface area contributed by atoms with Crippen LogP contribution in [0, 0.1) is 17.2 Å². The Balaban J connectivity index is 2.43. The SMILES string of the molecule is CC(C)CCn1cc2c(c(C#N)c1=O)CCCC2. The highest BCUT2D eigenvalue weighted by Crippen LogP contribution is 2.22. The molecule has 0 radical (unpaired) electrons. The second kappa shape index (κ2) is 5.39. The van der Waals surface area contributed by atoms with E-state index in [1.807, 2.05) is 6.20 Å². The first-order valence-electron chi connectivity index (χ1n) is 6.78. The lowest BCUT2D eigenvalue weighted by Crippen LogP contribution is -2.27. The Labute approximate surface area is 108 Å². The maximum absolute atomic E-state index is 12.2. The summed E-state index contributed by atoms with van der Waals surface area (Å²) in [6, 6.07) is 2.12. The lowest BCUT2D eigenvalue weighted by Gasteiger charge is -2.19. The summed E-state index contributed by atoms with van der Waals surface area (Å²) in [5, 5.41) is 9.21. The summed E-state index contributed by atoms with van der Waals surface area (Å²) in [5.41, 5.74) is 2.51. The second-order valence-corrected chi connectivity index (χ2v) is 5.51. The molecule has 0 aromatic carbocycles. The number of nitriles is 1. The highest BCUT2D eigenvalue weighted by atomic mass is 16.1. The predicted molar refractivity (Wildman–Crippen MR) is 71.5 cm³/mol. The average Bonchev–Trinajstić information content (AvgIpc) is 2.36. The third kappa shape index (κ3) is 2.48. The number of nitrogens with zero attached hydrogens (tertiary/aromatic N) is 2. The normalized spacial score (nSPS) is 14.3. The Bertz CT molecular complexity index is 535. The summed E-state index contributed by atoms with van der Waals surface area (Å²) in [7, 11) is 0. The van der Waals surface area contributed by atoms with Crippen LogP contribution in [-0.4, -0.2) is 4.57 Å². The van der Waals surface area contributed by atoms with Crippen LogP contribution >= 0.6 is 0 Å². The Morgan fingerprint density at radius 1 is 1.39 bits per heavy atom. The van der Waals surface area contributed by atoms with Gasteiger partial charge in [-0.3, -0.25) is 4.79 Å². The molecular weight excluding hydrogens is 224 g/mol. The first-order valence-corrected chi connectivity index (χ1v) is 6.78. The molecule has 1 aliphatic rings. The van der Waals surface area contributed by atoms with Crippen molar-refractivity contribution in [3.63, 3.8) is 0 Å². The van der Waals surface area contributed by atoms with Crippen molar-refractivity contribution in [1.82, 2.24) is 4.57 Å².